The SMILES string of the molecule is Nc1ccc(-c2cc3c(c4c2=c2ccccc2=CC4)CCCC=3)cc1. The first kappa shape index (κ1) is 14.5. The van der Waals surface area contributed by atoms with Crippen LogP contribution in [0.1, 0.15) is 24.0 Å². The molecule has 0 heterocycles. The molecule has 0 amide bonds. The minimum Gasteiger partial charge on any atom is -0.399 e. The van der Waals surface area contributed by atoms with Crippen molar-refractivity contribution < 1.29 is 0 Å². The van der Waals surface area contributed by atoms with Crippen molar-refractivity contribution in [2.24, 2.45) is 0 Å². The molecule has 2 N–H and O–H groups in total. The topological polar surface area (TPSA) is 26.0 Å². The quantitative estimate of drug-likeness (QED) is 0.679. The fourth-order valence-electron chi connectivity index (χ4n) is 4.35. The highest BCUT2D eigenvalue weighted by atomic mass is 14.5. The molecule has 1 nitrogen and oxygen atoms in total. The number of rotatable bonds is 1. The molecule has 0 unspecified atom stereocenters. The van der Waals surface area contributed by atoms with E-state index in [-0.39, 0.29) is 0 Å². The third-order valence-electron chi connectivity index (χ3n) is 5.56. The van der Waals surface area contributed by atoms with Crippen LogP contribution in [-0.2, 0) is 12.8 Å². The summed E-state index contributed by atoms with van der Waals surface area (Å²) >= 11 is 0. The minimum atomic E-state index is 0.816. The van der Waals surface area contributed by atoms with Gasteiger partial charge in [-0.25, -0.2) is 0 Å². The van der Waals surface area contributed by atoms with Crippen molar-refractivity contribution in [3.05, 3.63) is 86.6 Å². The van der Waals surface area contributed by atoms with Crippen LogP contribution in [0.3, 0.4) is 0 Å². The van der Waals surface area contributed by atoms with Crippen LogP contribution in [0.15, 0.2) is 54.6 Å². The predicted molar refractivity (Wildman–Crippen MR) is 105 cm³/mol. The van der Waals surface area contributed by atoms with E-state index in [1.54, 1.807) is 5.56 Å². The Morgan fingerprint density at radius 3 is 2.52 bits per heavy atom. The molecule has 3 aromatic carbocycles. The molecule has 0 fully saturated rings. The molecular weight excluding hydrogens is 302 g/mol. The van der Waals surface area contributed by atoms with E-state index >= 15 is 0 Å². The fraction of sp³-hybridized carbons (Fsp3) is 0.167. The van der Waals surface area contributed by atoms with E-state index in [0.717, 1.165) is 12.1 Å². The molecular formula is C24H21N. The van der Waals surface area contributed by atoms with Crippen LogP contribution in [0.5, 0.6) is 0 Å². The third-order valence-corrected chi connectivity index (χ3v) is 5.56. The molecule has 2 aliphatic rings. The molecule has 0 saturated heterocycles. The van der Waals surface area contributed by atoms with E-state index in [1.165, 1.54) is 56.8 Å². The van der Waals surface area contributed by atoms with Crippen molar-refractivity contribution >= 4 is 17.8 Å². The average Bonchev–Trinajstić information content (AvgIpc) is 2.67. The van der Waals surface area contributed by atoms with Crippen LogP contribution >= 0.6 is 0 Å². The predicted octanol–water partition coefficient (Wildman–Crippen LogP) is 3.68. The second-order valence-corrected chi connectivity index (χ2v) is 7.06. The van der Waals surface area contributed by atoms with Gasteiger partial charge in [0.15, 0.2) is 0 Å². The Morgan fingerprint density at radius 1 is 0.800 bits per heavy atom. The average molecular weight is 323 g/mol. The third kappa shape index (κ3) is 2.31. The van der Waals surface area contributed by atoms with Crippen LogP contribution in [0.25, 0.3) is 23.3 Å². The summed E-state index contributed by atoms with van der Waals surface area (Å²) in [7, 11) is 0. The van der Waals surface area contributed by atoms with E-state index in [2.05, 4.69) is 54.6 Å². The molecule has 0 spiro atoms. The maximum atomic E-state index is 5.92. The van der Waals surface area contributed by atoms with E-state index in [9.17, 15) is 0 Å². The van der Waals surface area contributed by atoms with Crippen molar-refractivity contribution in [3.63, 3.8) is 0 Å². The van der Waals surface area contributed by atoms with Gasteiger partial charge < -0.3 is 5.73 Å². The lowest BCUT2D eigenvalue weighted by molar-refractivity contribution is 0.825. The molecule has 2 aliphatic carbocycles. The summed E-state index contributed by atoms with van der Waals surface area (Å²) in [5.74, 6) is 0. The van der Waals surface area contributed by atoms with Gasteiger partial charge in [0, 0.05) is 5.69 Å². The monoisotopic (exact) mass is 323 g/mol. The Morgan fingerprint density at radius 2 is 1.64 bits per heavy atom. The van der Waals surface area contributed by atoms with Gasteiger partial charge in [0.1, 0.15) is 0 Å². The molecule has 3 aromatic rings. The van der Waals surface area contributed by atoms with Gasteiger partial charge in [-0.3, -0.25) is 0 Å². The highest BCUT2D eigenvalue weighted by Gasteiger charge is 2.15. The highest BCUT2D eigenvalue weighted by Crippen LogP contribution is 2.27. The molecule has 0 aromatic heterocycles. The van der Waals surface area contributed by atoms with Gasteiger partial charge in [0.2, 0.25) is 0 Å². The maximum absolute atomic E-state index is 5.92. The summed E-state index contributed by atoms with van der Waals surface area (Å²) in [6.45, 7) is 0. The summed E-state index contributed by atoms with van der Waals surface area (Å²) in [6, 6.07) is 19.5. The fourth-order valence-corrected chi connectivity index (χ4v) is 4.35. The molecule has 1 heteroatoms. The lowest BCUT2D eigenvalue weighted by Gasteiger charge is -2.19. The summed E-state index contributed by atoms with van der Waals surface area (Å²) < 4.78 is 0. The molecule has 0 radical (unpaired) electrons. The standard InChI is InChI=1S/C24H21N/c25-19-12-9-17(10-13-19)23-15-18-6-2-3-7-20(18)22-14-11-16-5-1-4-8-21(16)24(22)23/h1,4-6,8-13,15H,2-3,7,14,25H2. The molecule has 0 bridgehead atoms. The number of fused-ring (bicyclic) bond motifs is 4. The lowest BCUT2D eigenvalue weighted by Crippen LogP contribution is -2.20. The summed E-state index contributed by atoms with van der Waals surface area (Å²) in [6.07, 6.45) is 9.49. The van der Waals surface area contributed by atoms with E-state index in [1.807, 2.05) is 12.1 Å². The van der Waals surface area contributed by atoms with Crippen LogP contribution in [0.4, 0.5) is 5.69 Å². The van der Waals surface area contributed by atoms with Crippen LogP contribution in [0, 0.1) is 10.4 Å². The van der Waals surface area contributed by atoms with Crippen molar-refractivity contribution in [1.29, 1.82) is 0 Å². The number of nitrogen functional groups attached to an aromatic ring is 1. The Bertz CT molecular complexity index is 1180. The zero-order valence-electron chi connectivity index (χ0n) is 14.3. The van der Waals surface area contributed by atoms with Gasteiger partial charge in [-0.15, -0.1) is 0 Å². The first-order valence-electron chi connectivity index (χ1n) is 9.12. The first-order valence-corrected chi connectivity index (χ1v) is 9.12. The molecule has 5 rings (SSSR count). The van der Waals surface area contributed by atoms with E-state index in [4.69, 9.17) is 5.73 Å². The maximum Gasteiger partial charge on any atom is 0.0314 e. The Labute approximate surface area is 147 Å². The van der Waals surface area contributed by atoms with Crippen molar-refractivity contribution in [2.45, 2.75) is 25.7 Å². The second kappa shape index (κ2) is 5.63. The van der Waals surface area contributed by atoms with Gasteiger partial charge in [-0.2, -0.15) is 0 Å². The molecule has 0 aliphatic heterocycles. The molecule has 0 saturated carbocycles. The van der Waals surface area contributed by atoms with Gasteiger partial charge in [0.25, 0.3) is 0 Å². The summed E-state index contributed by atoms with van der Waals surface area (Å²) in [5.41, 5.74) is 12.4. The number of nitrogens with two attached hydrogens (primary N) is 1. The summed E-state index contributed by atoms with van der Waals surface area (Å²) in [5, 5.41) is 5.58. The van der Waals surface area contributed by atoms with Crippen molar-refractivity contribution in [3.8, 4) is 11.1 Å². The molecule has 122 valence electrons. The number of hydrogen-bond donors (Lipinski definition) is 1. The zero-order valence-corrected chi connectivity index (χ0v) is 14.3. The van der Waals surface area contributed by atoms with Crippen LogP contribution < -0.4 is 16.2 Å². The van der Waals surface area contributed by atoms with Crippen molar-refractivity contribution in [2.75, 3.05) is 5.73 Å². The number of anilines is 1. The minimum absolute atomic E-state index is 0.816. The molecule has 0 atom stereocenters. The van der Waals surface area contributed by atoms with Gasteiger partial charge >= 0.3 is 0 Å². The van der Waals surface area contributed by atoms with E-state index in [0.29, 0.717) is 0 Å². The van der Waals surface area contributed by atoms with E-state index < -0.39 is 0 Å². The van der Waals surface area contributed by atoms with Crippen LogP contribution in [0.2, 0.25) is 0 Å². The first-order chi connectivity index (χ1) is 12.3. The van der Waals surface area contributed by atoms with Crippen LogP contribution in [-0.4, -0.2) is 0 Å². The van der Waals surface area contributed by atoms with Gasteiger partial charge in [0.05, 0.1) is 0 Å². The largest absolute Gasteiger partial charge is 0.399 e. The van der Waals surface area contributed by atoms with Gasteiger partial charge in [-0.1, -0.05) is 48.6 Å². The summed E-state index contributed by atoms with van der Waals surface area (Å²) in [4.78, 5) is 0. The Kier molecular flexibility index (Phi) is 3.27. The normalized spacial score (nSPS) is 14.6. The van der Waals surface area contributed by atoms with Gasteiger partial charge in [-0.05, 0) is 87.0 Å². The Balaban J connectivity index is 2.01. The number of hydrogen-bond acceptors (Lipinski definition) is 1. The highest BCUT2D eigenvalue weighted by molar-refractivity contribution is 5.70. The second-order valence-electron chi connectivity index (χ2n) is 7.06. The molecule has 25 heavy (non-hydrogen) atoms. The lowest BCUT2D eigenvalue weighted by atomic mass is 9.85. The Hall–Kier alpha value is -2.80. The smallest absolute Gasteiger partial charge is 0.0314 e. The van der Waals surface area contributed by atoms with Crippen molar-refractivity contribution in [1.82, 2.24) is 0 Å². The number of benzene rings is 3. The zero-order chi connectivity index (χ0) is 16.8.